The first kappa shape index (κ1) is 13.3. The summed E-state index contributed by atoms with van der Waals surface area (Å²) < 4.78 is 26.7. The molecule has 0 aliphatic heterocycles. The number of rotatable bonds is 4. The number of tetrazole rings is 1. The zero-order valence-corrected chi connectivity index (χ0v) is 11.8. The first-order chi connectivity index (χ1) is 8.49. The van der Waals surface area contributed by atoms with E-state index >= 15 is 0 Å². The van der Waals surface area contributed by atoms with Gasteiger partial charge in [0.25, 0.3) is 0 Å². The minimum atomic E-state index is -3.79. The van der Waals surface area contributed by atoms with Crippen LogP contribution in [0.25, 0.3) is 0 Å². The van der Waals surface area contributed by atoms with E-state index in [1.807, 2.05) is 0 Å². The Balaban J connectivity index is 2.22. The summed E-state index contributed by atoms with van der Waals surface area (Å²) in [7, 11) is -3.79. The number of halogens is 2. The lowest BCUT2D eigenvalue weighted by Crippen LogP contribution is -2.24. The van der Waals surface area contributed by atoms with Crippen LogP contribution in [-0.2, 0) is 16.6 Å². The number of hydrogen-bond donors (Lipinski definition) is 2. The molecule has 2 heterocycles. The quantitative estimate of drug-likeness (QED) is 0.773. The maximum Gasteiger partial charge on any atom is 0.244 e. The van der Waals surface area contributed by atoms with Crippen molar-refractivity contribution in [3.63, 3.8) is 0 Å². The molecule has 11 heteroatoms. The molecule has 8 nitrogen and oxygen atoms in total. The molecule has 0 saturated carbocycles. The van der Waals surface area contributed by atoms with E-state index in [2.05, 4.69) is 46.3 Å². The Labute approximate surface area is 115 Å². The smallest absolute Gasteiger partial charge is 0.242 e. The normalized spacial score (nSPS) is 11.7. The predicted molar refractivity (Wildman–Crippen MR) is 65.2 cm³/mol. The number of pyridine rings is 1. The molecule has 2 aromatic heterocycles. The van der Waals surface area contributed by atoms with E-state index in [1.54, 1.807) is 0 Å². The van der Waals surface area contributed by atoms with Gasteiger partial charge in [-0.1, -0.05) is 16.8 Å². The molecular formula is C7H6BrClN6O2S. The van der Waals surface area contributed by atoms with E-state index in [-0.39, 0.29) is 22.4 Å². The van der Waals surface area contributed by atoms with Crippen LogP contribution >= 0.6 is 27.5 Å². The molecule has 18 heavy (non-hydrogen) atoms. The Morgan fingerprint density at radius 3 is 2.94 bits per heavy atom. The van der Waals surface area contributed by atoms with Crippen LogP contribution in [0, 0.1) is 0 Å². The van der Waals surface area contributed by atoms with Crippen molar-refractivity contribution in [2.75, 3.05) is 0 Å². The van der Waals surface area contributed by atoms with Crippen molar-refractivity contribution >= 4 is 37.6 Å². The van der Waals surface area contributed by atoms with Crippen LogP contribution in [0.1, 0.15) is 5.82 Å². The molecule has 0 spiro atoms. The number of aromatic nitrogens is 5. The summed E-state index contributed by atoms with van der Waals surface area (Å²) in [5, 5.41) is 12.7. The average Bonchev–Trinajstić information content (AvgIpc) is 2.83. The van der Waals surface area contributed by atoms with Crippen molar-refractivity contribution in [2.45, 2.75) is 11.4 Å². The number of sulfonamides is 1. The second-order valence-corrected chi connectivity index (χ2v) is 6.10. The summed E-state index contributed by atoms with van der Waals surface area (Å²) in [5.41, 5.74) is 0. The first-order valence-electron chi connectivity index (χ1n) is 4.52. The Kier molecular flexibility index (Phi) is 3.90. The summed E-state index contributed by atoms with van der Waals surface area (Å²) in [4.78, 5) is 3.62. The molecule has 0 bridgehead atoms. The summed E-state index contributed by atoms with van der Waals surface area (Å²) in [6.45, 7) is -0.0956. The third-order valence-electron chi connectivity index (χ3n) is 1.87. The SMILES string of the molecule is O=S(=O)(NCc1nn[nH]n1)c1cc(Br)cnc1Cl. The Hall–Kier alpha value is -1.10. The van der Waals surface area contributed by atoms with E-state index in [9.17, 15) is 8.42 Å². The van der Waals surface area contributed by atoms with Crippen LogP contribution in [0.3, 0.4) is 0 Å². The third kappa shape index (κ3) is 3.02. The number of nitrogens with one attached hydrogen (secondary N) is 2. The molecule has 96 valence electrons. The average molecular weight is 354 g/mol. The van der Waals surface area contributed by atoms with E-state index in [1.165, 1.54) is 12.3 Å². The minimum Gasteiger partial charge on any atom is -0.242 e. The highest BCUT2D eigenvalue weighted by atomic mass is 79.9. The van der Waals surface area contributed by atoms with Crippen molar-refractivity contribution in [3.8, 4) is 0 Å². The summed E-state index contributed by atoms with van der Waals surface area (Å²) in [5.74, 6) is 0.220. The molecule has 0 radical (unpaired) electrons. The summed E-state index contributed by atoms with van der Waals surface area (Å²) in [6.07, 6.45) is 1.40. The minimum absolute atomic E-state index is 0.0956. The molecule has 2 rings (SSSR count). The second kappa shape index (κ2) is 5.26. The molecule has 0 aliphatic rings. The fourth-order valence-corrected chi connectivity index (χ4v) is 3.01. The molecule has 2 N–H and O–H groups in total. The highest BCUT2D eigenvalue weighted by Crippen LogP contribution is 2.22. The highest BCUT2D eigenvalue weighted by molar-refractivity contribution is 9.10. The van der Waals surface area contributed by atoms with Gasteiger partial charge >= 0.3 is 0 Å². The van der Waals surface area contributed by atoms with Crippen molar-refractivity contribution in [3.05, 3.63) is 27.7 Å². The van der Waals surface area contributed by atoms with Crippen LogP contribution in [0.4, 0.5) is 0 Å². The lowest BCUT2D eigenvalue weighted by molar-refractivity contribution is 0.579. The maximum atomic E-state index is 12.0. The predicted octanol–water partition coefficient (Wildman–Crippen LogP) is 0.489. The van der Waals surface area contributed by atoms with E-state index in [0.717, 1.165) is 0 Å². The van der Waals surface area contributed by atoms with E-state index < -0.39 is 10.0 Å². The zero-order valence-electron chi connectivity index (χ0n) is 8.63. The lowest BCUT2D eigenvalue weighted by atomic mass is 10.5. The zero-order chi connectivity index (χ0) is 13.2. The fourth-order valence-electron chi connectivity index (χ4n) is 1.09. The number of nitrogens with zero attached hydrogens (tertiary/aromatic N) is 4. The van der Waals surface area contributed by atoms with Gasteiger partial charge in [-0.2, -0.15) is 5.21 Å². The molecule has 0 unspecified atom stereocenters. The first-order valence-corrected chi connectivity index (χ1v) is 7.17. The third-order valence-corrected chi connectivity index (χ3v) is 4.13. The van der Waals surface area contributed by atoms with Crippen LogP contribution in [0.2, 0.25) is 5.15 Å². The monoisotopic (exact) mass is 352 g/mol. The van der Waals surface area contributed by atoms with Gasteiger partial charge in [-0.25, -0.2) is 18.1 Å². The van der Waals surface area contributed by atoms with Crippen molar-refractivity contribution in [1.82, 2.24) is 30.3 Å². The second-order valence-electron chi connectivity index (χ2n) is 3.10. The van der Waals surface area contributed by atoms with E-state index in [0.29, 0.717) is 4.47 Å². The van der Waals surface area contributed by atoms with Gasteiger partial charge in [-0.3, -0.25) is 0 Å². The molecule has 0 atom stereocenters. The van der Waals surface area contributed by atoms with Crippen LogP contribution < -0.4 is 4.72 Å². The van der Waals surface area contributed by atoms with Gasteiger partial charge in [0.1, 0.15) is 10.0 Å². The van der Waals surface area contributed by atoms with Crippen LogP contribution in [0.5, 0.6) is 0 Å². The molecule has 0 amide bonds. The largest absolute Gasteiger partial charge is 0.244 e. The van der Waals surface area contributed by atoms with Gasteiger partial charge in [0.05, 0.1) is 6.54 Å². The molecule has 2 aromatic rings. The van der Waals surface area contributed by atoms with Crippen LogP contribution in [-0.4, -0.2) is 34.0 Å². The number of aromatic amines is 1. The van der Waals surface area contributed by atoms with E-state index in [4.69, 9.17) is 11.6 Å². The molecule has 0 aliphatic carbocycles. The van der Waals surface area contributed by atoms with Gasteiger partial charge in [-0.05, 0) is 22.0 Å². The highest BCUT2D eigenvalue weighted by Gasteiger charge is 2.19. The van der Waals surface area contributed by atoms with Crippen molar-refractivity contribution in [2.24, 2.45) is 0 Å². The Bertz CT molecular complexity index is 646. The lowest BCUT2D eigenvalue weighted by Gasteiger charge is -2.06. The maximum absolute atomic E-state index is 12.0. The molecule has 0 aromatic carbocycles. The standard InChI is InChI=1S/C7H6BrClN6O2S/c8-4-1-5(7(9)10-2-4)18(16,17)11-3-6-12-14-15-13-6/h1-2,11H,3H2,(H,12,13,14,15). The summed E-state index contributed by atoms with van der Waals surface area (Å²) in [6, 6.07) is 1.36. The van der Waals surface area contributed by atoms with Crippen molar-refractivity contribution in [1.29, 1.82) is 0 Å². The number of H-pyrrole nitrogens is 1. The van der Waals surface area contributed by atoms with Crippen molar-refractivity contribution < 1.29 is 8.42 Å². The topological polar surface area (TPSA) is 114 Å². The van der Waals surface area contributed by atoms with Gasteiger partial charge in [0, 0.05) is 10.7 Å². The number of hydrogen-bond acceptors (Lipinski definition) is 6. The fraction of sp³-hybridized carbons (Fsp3) is 0.143. The van der Waals surface area contributed by atoms with Gasteiger partial charge in [0.2, 0.25) is 10.0 Å². The van der Waals surface area contributed by atoms with Gasteiger partial charge < -0.3 is 0 Å². The molecule has 0 fully saturated rings. The Morgan fingerprint density at radius 2 is 2.28 bits per heavy atom. The van der Waals surface area contributed by atoms with Gasteiger partial charge in [-0.15, -0.1) is 10.2 Å². The molecule has 0 saturated heterocycles. The summed E-state index contributed by atoms with van der Waals surface area (Å²) >= 11 is 8.87. The Morgan fingerprint density at radius 1 is 1.50 bits per heavy atom. The molecular weight excluding hydrogens is 348 g/mol. The van der Waals surface area contributed by atoms with Gasteiger partial charge in [0.15, 0.2) is 5.82 Å². The van der Waals surface area contributed by atoms with Crippen LogP contribution in [0.15, 0.2) is 21.6 Å².